The molecule has 0 saturated carbocycles. The van der Waals surface area contributed by atoms with E-state index in [4.69, 9.17) is 9.47 Å². The highest BCUT2D eigenvalue weighted by molar-refractivity contribution is 5.56. The Hall–Kier alpha value is -2.50. The van der Waals surface area contributed by atoms with Gasteiger partial charge in [0.1, 0.15) is 25.4 Å². The molecule has 4 rings (SSSR count). The van der Waals surface area contributed by atoms with Gasteiger partial charge in [-0.15, -0.1) is 0 Å². The smallest absolute Gasteiger partial charge is 0.163 e. The molecule has 0 aliphatic carbocycles. The number of fused-ring (bicyclic) bond motifs is 1. The minimum Gasteiger partial charge on any atom is -0.486 e. The topological polar surface area (TPSA) is 59.5 Å². The summed E-state index contributed by atoms with van der Waals surface area (Å²) in [7, 11) is 0. The van der Waals surface area contributed by atoms with Crippen molar-refractivity contribution >= 4 is 11.5 Å². The van der Waals surface area contributed by atoms with Gasteiger partial charge < -0.3 is 19.7 Å². The summed E-state index contributed by atoms with van der Waals surface area (Å²) in [6, 6.07) is 8.57. The number of piperidine rings is 1. The lowest BCUT2D eigenvalue weighted by molar-refractivity contribution is 0.171. The zero-order valence-electron chi connectivity index (χ0n) is 14.6. The van der Waals surface area contributed by atoms with E-state index in [9.17, 15) is 0 Å². The molecule has 0 amide bonds. The van der Waals surface area contributed by atoms with Gasteiger partial charge in [0.15, 0.2) is 11.5 Å². The first-order chi connectivity index (χ1) is 12.3. The van der Waals surface area contributed by atoms with Gasteiger partial charge in [-0.25, -0.2) is 9.97 Å². The molecule has 132 valence electrons. The van der Waals surface area contributed by atoms with Crippen molar-refractivity contribution < 1.29 is 9.47 Å². The van der Waals surface area contributed by atoms with E-state index in [0.29, 0.717) is 19.3 Å². The molecule has 0 spiro atoms. The van der Waals surface area contributed by atoms with E-state index < -0.39 is 0 Å². The van der Waals surface area contributed by atoms with Crippen molar-refractivity contribution in [3.63, 3.8) is 0 Å². The van der Waals surface area contributed by atoms with E-state index >= 15 is 0 Å². The fraction of sp³-hybridized carbons (Fsp3) is 0.474. The monoisotopic (exact) mass is 340 g/mol. The molecule has 1 aromatic heterocycles. The predicted octanol–water partition coefficient (Wildman–Crippen LogP) is 2.89. The number of aryl methyl sites for hydroxylation is 1. The second-order valence-corrected chi connectivity index (χ2v) is 6.51. The molecule has 1 atom stereocenters. The molecule has 6 heteroatoms. The Morgan fingerprint density at radius 3 is 2.92 bits per heavy atom. The normalized spacial score (nSPS) is 19.6. The maximum atomic E-state index is 5.68. The SMILES string of the molecule is CCc1cc(N2CCC[C@H](Nc3ccc4c(c3)OCCO4)C2)ncn1. The van der Waals surface area contributed by atoms with Crippen LogP contribution in [0.4, 0.5) is 11.5 Å². The molecule has 1 aromatic carbocycles. The predicted molar refractivity (Wildman–Crippen MR) is 97.7 cm³/mol. The van der Waals surface area contributed by atoms with E-state index in [1.54, 1.807) is 6.33 Å². The summed E-state index contributed by atoms with van der Waals surface area (Å²) >= 11 is 0. The van der Waals surface area contributed by atoms with Crippen LogP contribution >= 0.6 is 0 Å². The Balaban J connectivity index is 1.44. The fourth-order valence-corrected chi connectivity index (χ4v) is 3.42. The van der Waals surface area contributed by atoms with Crippen LogP contribution in [0.15, 0.2) is 30.6 Å². The molecule has 25 heavy (non-hydrogen) atoms. The van der Waals surface area contributed by atoms with Gasteiger partial charge >= 0.3 is 0 Å². The summed E-state index contributed by atoms with van der Waals surface area (Å²) in [6.45, 7) is 5.33. The van der Waals surface area contributed by atoms with Crippen molar-refractivity contribution in [2.45, 2.75) is 32.2 Å². The zero-order valence-corrected chi connectivity index (χ0v) is 14.6. The molecular formula is C19H24N4O2. The van der Waals surface area contributed by atoms with Crippen molar-refractivity contribution in [3.05, 3.63) is 36.3 Å². The molecule has 2 aliphatic heterocycles. The molecule has 3 heterocycles. The highest BCUT2D eigenvalue weighted by atomic mass is 16.6. The molecule has 1 saturated heterocycles. The van der Waals surface area contributed by atoms with Crippen molar-refractivity contribution in [1.29, 1.82) is 0 Å². The minimum absolute atomic E-state index is 0.386. The third-order valence-electron chi connectivity index (χ3n) is 4.73. The minimum atomic E-state index is 0.386. The van der Waals surface area contributed by atoms with Crippen LogP contribution < -0.4 is 19.7 Å². The first kappa shape index (κ1) is 16.0. The molecular weight excluding hydrogens is 316 g/mol. The number of nitrogens with one attached hydrogen (secondary N) is 1. The average Bonchev–Trinajstić information content (AvgIpc) is 2.68. The number of benzene rings is 1. The van der Waals surface area contributed by atoms with Crippen LogP contribution in [0.1, 0.15) is 25.5 Å². The van der Waals surface area contributed by atoms with Gasteiger partial charge in [0.25, 0.3) is 0 Å². The zero-order chi connectivity index (χ0) is 17.1. The Kier molecular flexibility index (Phi) is 4.59. The van der Waals surface area contributed by atoms with E-state index in [1.807, 2.05) is 12.1 Å². The molecule has 0 bridgehead atoms. The summed E-state index contributed by atoms with van der Waals surface area (Å²) in [4.78, 5) is 11.1. The lowest BCUT2D eigenvalue weighted by atomic mass is 10.0. The van der Waals surface area contributed by atoms with Crippen molar-refractivity contribution in [1.82, 2.24) is 9.97 Å². The van der Waals surface area contributed by atoms with Gasteiger partial charge in [-0.05, 0) is 31.4 Å². The second-order valence-electron chi connectivity index (χ2n) is 6.51. The molecule has 0 radical (unpaired) electrons. The quantitative estimate of drug-likeness (QED) is 0.923. The Labute approximate surface area is 148 Å². The molecule has 0 unspecified atom stereocenters. The summed E-state index contributed by atoms with van der Waals surface area (Å²) in [5, 5.41) is 3.64. The second kappa shape index (κ2) is 7.17. The number of hydrogen-bond donors (Lipinski definition) is 1. The molecule has 2 aromatic rings. The van der Waals surface area contributed by atoms with Crippen LogP contribution in [0.3, 0.4) is 0 Å². The van der Waals surface area contributed by atoms with Gasteiger partial charge in [-0.3, -0.25) is 0 Å². The maximum Gasteiger partial charge on any atom is 0.163 e. The standard InChI is InChI=1S/C19H24N4O2/c1-2-14-11-19(21-13-20-14)23-7-3-4-16(12-23)22-15-5-6-17-18(10-15)25-9-8-24-17/h5-6,10-11,13,16,22H,2-4,7-9,12H2,1H3/t16-/m0/s1. The Bertz CT molecular complexity index is 737. The third-order valence-corrected chi connectivity index (χ3v) is 4.73. The van der Waals surface area contributed by atoms with Crippen LogP contribution in [-0.4, -0.2) is 42.3 Å². The lowest BCUT2D eigenvalue weighted by Crippen LogP contribution is -2.42. The van der Waals surface area contributed by atoms with Crippen LogP contribution in [-0.2, 0) is 6.42 Å². The third kappa shape index (κ3) is 3.62. The average molecular weight is 340 g/mol. The van der Waals surface area contributed by atoms with E-state index in [2.05, 4.69) is 39.2 Å². The maximum absolute atomic E-state index is 5.68. The van der Waals surface area contributed by atoms with Gasteiger partial charge in [0, 0.05) is 42.6 Å². The van der Waals surface area contributed by atoms with E-state index in [0.717, 1.165) is 61.1 Å². The van der Waals surface area contributed by atoms with E-state index in [1.165, 1.54) is 0 Å². The number of hydrogen-bond acceptors (Lipinski definition) is 6. The molecule has 6 nitrogen and oxygen atoms in total. The number of aromatic nitrogens is 2. The van der Waals surface area contributed by atoms with Gasteiger partial charge in [-0.2, -0.15) is 0 Å². The fourth-order valence-electron chi connectivity index (χ4n) is 3.42. The summed E-state index contributed by atoms with van der Waals surface area (Å²) in [6.07, 6.45) is 4.90. The molecule has 1 N–H and O–H groups in total. The number of rotatable bonds is 4. The number of anilines is 2. The van der Waals surface area contributed by atoms with Gasteiger partial charge in [0.2, 0.25) is 0 Å². The summed E-state index contributed by atoms with van der Waals surface area (Å²) in [5.74, 6) is 2.68. The Morgan fingerprint density at radius 2 is 2.04 bits per heavy atom. The van der Waals surface area contributed by atoms with Crippen LogP contribution in [0.25, 0.3) is 0 Å². The number of ether oxygens (including phenoxy) is 2. The van der Waals surface area contributed by atoms with Crippen LogP contribution in [0.2, 0.25) is 0 Å². The van der Waals surface area contributed by atoms with E-state index in [-0.39, 0.29) is 0 Å². The highest BCUT2D eigenvalue weighted by Gasteiger charge is 2.22. The molecule has 2 aliphatic rings. The van der Waals surface area contributed by atoms with Crippen molar-refractivity contribution in [2.75, 3.05) is 36.5 Å². The molecule has 1 fully saturated rings. The van der Waals surface area contributed by atoms with Gasteiger partial charge in [-0.1, -0.05) is 6.92 Å². The van der Waals surface area contributed by atoms with Crippen LogP contribution in [0.5, 0.6) is 11.5 Å². The Morgan fingerprint density at radius 1 is 1.16 bits per heavy atom. The van der Waals surface area contributed by atoms with Crippen molar-refractivity contribution in [2.24, 2.45) is 0 Å². The first-order valence-corrected chi connectivity index (χ1v) is 9.04. The summed E-state index contributed by atoms with van der Waals surface area (Å²) < 4.78 is 11.3. The van der Waals surface area contributed by atoms with Gasteiger partial charge in [0.05, 0.1) is 0 Å². The summed E-state index contributed by atoms with van der Waals surface area (Å²) in [5.41, 5.74) is 2.17. The highest BCUT2D eigenvalue weighted by Crippen LogP contribution is 2.33. The largest absolute Gasteiger partial charge is 0.486 e. The first-order valence-electron chi connectivity index (χ1n) is 9.04. The lowest BCUT2D eigenvalue weighted by Gasteiger charge is -2.34. The van der Waals surface area contributed by atoms with Crippen LogP contribution in [0, 0.1) is 0 Å². The van der Waals surface area contributed by atoms with Crippen molar-refractivity contribution in [3.8, 4) is 11.5 Å². The number of nitrogens with zero attached hydrogens (tertiary/aromatic N) is 3.